The maximum Gasteiger partial charge on any atom is 0.273 e. The van der Waals surface area contributed by atoms with Gasteiger partial charge in [-0.2, -0.15) is 0 Å². The van der Waals surface area contributed by atoms with E-state index in [0.29, 0.717) is 16.4 Å². The minimum atomic E-state index is -0.239. The fourth-order valence-electron chi connectivity index (χ4n) is 1.25. The summed E-state index contributed by atoms with van der Waals surface area (Å²) in [7, 11) is 0. The van der Waals surface area contributed by atoms with Crippen molar-refractivity contribution in [1.82, 2.24) is 9.97 Å². The Kier molecular flexibility index (Phi) is 2.92. The van der Waals surface area contributed by atoms with Crippen LogP contribution in [0.5, 0.6) is 0 Å². The van der Waals surface area contributed by atoms with Crippen LogP contribution in [0.1, 0.15) is 16.1 Å². The van der Waals surface area contributed by atoms with Crippen LogP contribution in [0.25, 0.3) is 0 Å². The molecule has 0 unspecified atom stereocenters. The smallest absolute Gasteiger partial charge is 0.273 e. The molecule has 2 rings (SSSR count). The zero-order valence-electron chi connectivity index (χ0n) is 8.62. The molecule has 0 spiro atoms. The molecule has 2 N–H and O–H groups in total. The summed E-state index contributed by atoms with van der Waals surface area (Å²) in [5.41, 5.74) is 2.05. The molecule has 0 saturated carbocycles. The third-order valence-corrected chi connectivity index (χ3v) is 2.58. The van der Waals surface area contributed by atoms with E-state index in [4.69, 9.17) is 11.6 Å². The predicted octanol–water partition coefficient (Wildman–Crippen LogP) is 2.62. The van der Waals surface area contributed by atoms with E-state index < -0.39 is 0 Å². The van der Waals surface area contributed by atoms with Gasteiger partial charge < -0.3 is 10.3 Å². The Bertz CT molecular complexity index is 508. The maximum absolute atomic E-state index is 11.6. The van der Waals surface area contributed by atoms with Gasteiger partial charge >= 0.3 is 0 Å². The Morgan fingerprint density at radius 3 is 2.94 bits per heavy atom. The van der Waals surface area contributed by atoms with Crippen LogP contribution in [-0.4, -0.2) is 15.9 Å². The Labute approximate surface area is 97.7 Å². The molecule has 16 heavy (non-hydrogen) atoms. The Morgan fingerprint density at radius 1 is 1.50 bits per heavy atom. The van der Waals surface area contributed by atoms with E-state index >= 15 is 0 Å². The number of carbonyl (C=O) groups is 1. The molecule has 2 aromatic rings. The SMILES string of the molecule is Cc1ccc(NC(=O)c2cnc[nH]2)cc1Cl. The maximum atomic E-state index is 11.6. The molecular formula is C11H10ClN3O. The van der Waals surface area contributed by atoms with E-state index in [1.165, 1.54) is 12.5 Å². The van der Waals surface area contributed by atoms with Gasteiger partial charge in [0.05, 0.1) is 12.5 Å². The van der Waals surface area contributed by atoms with Crippen molar-refractivity contribution < 1.29 is 4.79 Å². The highest BCUT2D eigenvalue weighted by molar-refractivity contribution is 6.31. The van der Waals surface area contributed by atoms with Crippen molar-refractivity contribution in [3.63, 3.8) is 0 Å². The number of hydrogen-bond donors (Lipinski definition) is 2. The highest BCUT2D eigenvalue weighted by Gasteiger charge is 2.07. The van der Waals surface area contributed by atoms with Crippen molar-refractivity contribution in [2.45, 2.75) is 6.92 Å². The fourth-order valence-corrected chi connectivity index (χ4v) is 1.43. The first kappa shape index (κ1) is 10.7. The van der Waals surface area contributed by atoms with Gasteiger partial charge in [-0.25, -0.2) is 4.98 Å². The molecule has 1 heterocycles. The molecule has 0 fully saturated rings. The number of aromatic nitrogens is 2. The molecule has 1 aromatic carbocycles. The molecule has 4 nitrogen and oxygen atoms in total. The average Bonchev–Trinajstić information content (AvgIpc) is 2.77. The molecule has 0 aliphatic rings. The zero-order chi connectivity index (χ0) is 11.5. The first-order valence-electron chi connectivity index (χ1n) is 4.72. The summed E-state index contributed by atoms with van der Waals surface area (Å²) in [6, 6.07) is 5.37. The zero-order valence-corrected chi connectivity index (χ0v) is 9.38. The number of nitrogens with zero attached hydrogens (tertiary/aromatic N) is 1. The molecule has 0 aliphatic heterocycles. The summed E-state index contributed by atoms with van der Waals surface area (Å²) >= 11 is 5.95. The molecule has 1 aromatic heterocycles. The Balaban J connectivity index is 2.15. The van der Waals surface area contributed by atoms with E-state index in [9.17, 15) is 4.79 Å². The molecule has 82 valence electrons. The summed E-state index contributed by atoms with van der Waals surface area (Å²) in [5, 5.41) is 3.34. The number of carbonyl (C=O) groups excluding carboxylic acids is 1. The highest BCUT2D eigenvalue weighted by Crippen LogP contribution is 2.20. The second-order valence-corrected chi connectivity index (χ2v) is 3.79. The lowest BCUT2D eigenvalue weighted by atomic mass is 10.2. The molecular weight excluding hydrogens is 226 g/mol. The molecule has 1 amide bonds. The van der Waals surface area contributed by atoms with Crippen LogP contribution in [0, 0.1) is 6.92 Å². The van der Waals surface area contributed by atoms with Gasteiger partial charge in [0, 0.05) is 10.7 Å². The number of H-pyrrole nitrogens is 1. The van der Waals surface area contributed by atoms with Crippen LogP contribution in [-0.2, 0) is 0 Å². The van der Waals surface area contributed by atoms with Gasteiger partial charge in [0.25, 0.3) is 5.91 Å². The number of halogens is 1. The van der Waals surface area contributed by atoms with Gasteiger partial charge in [-0.15, -0.1) is 0 Å². The third kappa shape index (κ3) is 2.23. The summed E-state index contributed by atoms with van der Waals surface area (Å²) in [4.78, 5) is 18.1. The fraction of sp³-hybridized carbons (Fsp3) is 0.0909. The number of aromatic amines is 1. The van der Waals surface area contributed by atoms with Crippen LogP contribution < -0.4 is 5.32 Å². The number of nitrogens with one attached hydrogen (secondary N) is 2. The molecule has 5 heteroatoms. The minimum Gasteiger partial charge on any atom is -0.341 e. The second kappa shape index (κ2) is 4.37. The Hall–Kier alpha value is -1.81. The van der Waals surface area contributed by atoms with Crippen molar-refractivity contribution in [3.05, 3.63) is 47.0 Å². The topological polar surface area (TPSA) is 57.8 Å². The first-order valence-corrected chi connectivity index (χ1v) is 5.10. The quantitative estimate of drug-likeness (QED) is 0.841. The van der Waals surface area contributed by atoms with Crippen molar-refractivity contribution >= 4 is 23.2 Å². The summed E-state index contributed by atoms with van der Waals surface area (Å²) in [6.45, 7) is 1.91. The lowest BCUT2D eigenvalue weighted by molar-refractivity contribution is 0.102. The van der Waals surface area contributed by atoms with Crippen molar-refractivity contribution in [2.24, 2.45) is 0 Å². The lowest BCUT2D eigenvalue weighted by Crippen LogP contribution is -2.12. The molecule has 0 bridgehead atoms. The minimum absolute atomic E-state index is 0.239. The third-order valence-electron chi connectivity index (χ3n) is 2.17. The van der Waals surface area contributed by atoms with E-state index in [2.05, 4.69) is 15.3 Å². The van der Waals surface area contributed by atoms with Gasteiger partial charge in [-0.05, 0) is 24.6 Å². The van der Waals surface area contributed by atoms with Crippen LogP contribution in [0.2, 0.25) is 5.02 Å². The van der Waals surface area contributed by atoms with Crippen LogP contribution in [0.4, 0.5) is 5.69 Å². The summed E-state index contributed by atoms with van der Waals surface area (Å²) in [6.07, 6.45) is 2.92. The van der Waals surface area contributed by atoms with Gasteiger partial charge in [0.1, 0.15) is 5.69 Å². The normalized spacial score (nSPS) is 10.1. The largest absolute Gasteiger partial charge is 0.341 e. The van der Waals surface area contributed by atoms with Gasteiger partial charge in [0.15, 0.2) is 0 Å². The Morgan fingerprint density at radius 2 is 2.31 bits per heavy atom. The van der Waals surface area contributed by atoms with Crippen LogP contribution in [0.15, 0.2) is 30.7 Å². The van der Waals surface area contributed by atoms with Crippen LogP contribution in [0.3, 0.4) is 0 Å². The van der Waals surface area contributed by atoms with Crippen LogP contribution >= 0.6 is 11.6 Å². The number of benzene rings is 1. The molecule has 0 saturated heterocycles. The number of aryl methyl sites for hydroxylation is 1. The van der Waals surface area contributed by atoms with E-state index in [1.54, 1.807) is 12.1 Å². The van der Waals surface area contributed by atoms with Crippen molar-refractivity contribution in [3.8, 4) is 0 Å². The average molecular weight is 236 g/mol. The molecule has 0 radical (unpaired) electrons. The van der Waals surface area contributed by atoms with E-state index in [1.807, 2.05) is 13.0 Å². The van der Waals surface area contributed by atoms with Gasteiger partial charge in [-0.1, -0.05) is 17.7 Å². The van der Waals surface area contributed by atoms with E-state index in [0.717, 1.165) is 5.56 Å². The van der Waals surface area contributed by atoms with Crippen molar-refractivity contribution in [2.75, 3.05) is 5.32 Å². The number of imidazole rings is 1. The first-order chi connectivity index (χ1) is 7.66. The monoisotopic (exact) mass is 235 g/mol. The summed E-state index contributed by atoms with van der Waals surface area (Å²) in [5.74, 6) is -0.239. The second-order valence-electron chi connectivity index (χ2n) is 3.38. The van der Waals surface area contributed by atoms with Crippen molar-refractivity contribution in [1.29, 1.82) is 0 Å². The van der Waals surface area contributed by atoms with Gasteiger partial charge in [-0.3, -0.25) is 4.79 Å². The summed E-state index contributed by atoms with van der Waals surface area (Å²) < 4.78 is 0. The lowest BCUT2D eigenvalue weighted by Gasteiger charge is -2.05. The number of rotatable bonds is 2. The standard InChI is InChI=1S/C11H10ClN3O/c1-7-2-3-8(4-9(7)12)15-11(16)10-5-13-6-14-10/h2-6H,1H3,(H,13,14)(H,15,16). The predicted molar refractivity (Wildman–Crippen MR) is 62.7 cm³/mol. The van der Waals surface area contributed by atoms with Gasteiger partial charge in [0.2, 0.25) is 0 Å². The number of anilines is 1. The molecule has 0 aliphatic carbocycles. The number of amides is 1. The van der Waals surface area contributed by atoms with E-state index in [-0.39, 0.29) is 5.91 Å². The molecule has 0 atom stereocenters. The highest BCUT2D eigenvalue weighted by atomic mass is 35.5. The number of hydrogen-bond acceptors (Lipinski definition) is 2.